The lowest BCUT2D eigenvalue weighted by Crippen LogP contribution is -2.25. The molecule has 0 spiro atoms. The largest absolute Gasteiger partial charge is 0.398 e. The van der Waals surface area contributed by atoms with Gasteiger partial charge < -0.3 is 16.0 Å². The monoisotopic (exact) mass is 262 g/mol. The smallest absolute Gasteiger partial charge is 0.253 e. The van der Waals surface area contributed by atoms with Gasteiger partial charge in [-0.15, -0.1) is 0 Å². The zero-order valence-electron chi connectivity index (χ0n) is 10.3. The summed E-state index contributed by atoms with van der Waals surface area (Å²) in [6, 6.07) is 3.74. The van der Waals surface area contributed by atoms with Gasteiger partial charge in [-0.1, -0.05) is 0 Å². The molecule has 0 radical (unpaired) electrons. The number of benzene rings is 1. The Bertz CT molecular complexity index is 554. The summed E-state index contributed by atoms with van der Waals surface area (Å²) in [7, 11) is 0. The number of aromatic nitrogens is 2. The van der Waals surface area contributed by atoms with E-state index in [0.717, 1.165) is 24.7 Å². The number of amides is 1. The first-order valence-corrected chi connectivity index (χ1v) is 5.98. The Labute approximate surface area is 110 Å². The van der Waals surface area contributed by atoms with Crippen molar-refractivity contribution in [1.29, 1.82) is 0 Å². The molecule has 1 amide bonds. The molecule has 0 aliphatic rings. The highest BCUT2D eigenvalue weighted by atomic mass is 19.1. The van der Waals surface area contributed by atoms with Gasteiger partial charge in [0.2, 0.25) is 0 Å². The molecule has 0 bridgehead atoms. The number of hydrogen-bond acceptors (Lipinski definition) is 3. The van der Waals surface area contributed by atoms with E-state index in [9.17, 15) is 9.18 Å². The van der Waals surface area contributed by atoms with Crippen molar-refractivity contribution in [2.45, 2.75) is 12.8 Å². The van der Waals surface area contributed by atoms with Crippen LogP contribution >= 0.6 is 0 Å². The maximum Gasteiger partial charge on any atom is 0.253 e. The lowest BCUT2D eigenvalue weighted by Gasteiger charge is -2.07. The number of nitrogens with one attached hydrogen (secondary N) is 2. The number of aromatic amines is 1. The molecule has 1 aromatic carbocycles. The third-order valence-electron chi connectivity index (χ3n) is 2.69. The number of imidazole rings is 1. The van der Waals surface area contributed by atoms with Crippen molar-refractivity contribution in [2.75, 3.05) is 12.3 Å². The average molecular weight is 262 g/mol. The van der Waals surface area contributed by atoms with Crippen LogP contribution in [0, 0.1) is 5.82 Å². The number of anilines is 1. The normalized spacial score (nSPS) is 10.4. The third-order valence-corrected chi connectivity index (χ3v) is 2.69. The molecule has 0 fully saturated rings. The van der Waals surface area contributed by atoms with Crippen LogP contribution in [-0.2, 0) is 6.42 Å². The van der Waals surface area contributed by atoms with Crippen LogP contribution in [0.25, 0.3) is 0 Å². The second-order valence-corrected chi connectivity index (χ2v) is 4.13. The van der Waals surface area contributed by atoms with Crippen molar-refractivity contribution in [1.82, 2.24) is 15.3 Å². The molecule has 1 aromatic heterocycles. The summed E-state index contributed by atoms with van der Waals surface area (Å²) >= 11 is 0. The fraction of sp³-hybridized carbons (Fsp3) is 0.231. The van der Waals surface area contributed by atoms with Gasteiger partial charge in [0.15, 0.2) is 0 Å². The van der Waals surface area contributed by atoms with Gasteiger partial charge in [0.1, 0.15) is 11.6 Å². The summed E-state index contributed by atoms with van der Waals surface area (Å²) in [5.41, 5.74) is 6.06. The Kier molecular flexibility index (Phi) is 4.12. The van der Waals surface area contributed by atoms with E-state index in [1.54, 1.807) is 12.4 Å². The van der Waals surface area contributed by atoms with Crippen molar-refractivity contribution in [2.24, 2.45) is 0 Å². The summed E-state index contributed by atoms with van der Waals surface area (Å²) in [4.78, 5) is 18.9. The SMILES string of the molecule is Nc1ccc(F)cc1C(=O)NCCCc1ncc[nH]1. The molecule has 0 unspecified atom stereocenters. The van der Waals surface area contributed by atoms with Gasteiger partial charge in [0, 0.05) is 31.0 Å². The van der Waals surface area contributed by atoms with Crippen molar-refractivity contribution < 1.29 is 9.18 Å². The van der Waals surface area contributed by atoms with Crippen LogP contribution in [0.15, 0.2) is 30.6 Å². The number of carbonyl (C=O) groups is 1. The number of hydrogen-bond donors (Lipinski definition) is 3. The lowest BCUT2D eigenvalue weighted by molar-refractivity contribution is 0.0953. The number of H-pyrrole nitrogens is 1. The van der Waals surface area contributed by atoms with E-state index >= 15 is 0 Å². The molecule has 0 aliphatic carbocycles. The Morgan fingerprint density at radius 1 is 1.47 bits per heavy atom. The van der Waals surface area contributed by atoms with Crippen LogP contribution in [0.5, 0.6) is 0 Å². The predicted octanol–water partition coefficient (Wildman–Crippen LogP) is 1.49. The third kappa shape index (κ3) is 3.54. The number of rotatable bonds is 5. The fourth-order valence-electron chi connectivity index (χ4n) is 1.71. The number of halogens is 1. The van der Waals surface area contributed by atoms with E-state index in [0.29, 0.717) is 6.54 Å². The van der Waals surface area contributed by atoms with Crippen molar-refractivity contribution in [3.8, 4) is 0 Å². The molecule has 2 rings (SSSR count). The summed E-state index contributed by atoms with van der Waals surface area (Å²) in [6.07, 6.45) is 4.92. The highest BCUT2D eigenvalue weighted by Gasteiger charge is 2.10. The van der Waals surface area contributed by atoms with E-state index in [1.165, 1.54) is 12.1 Å². The predicted molar refractivity (Wildman–Crippen MR) is 70.1 cm³/mol. The van der Waals surface area contributed by atoms with Gasteiger partial charge in [0.05, 0.1) is 5.56 Å². The summed E-state index contributed by atoms with van der Waals surface area (Å²) < 4.78 is 13.0. The maximum atomic E-state index is 13.0. The van der Waals surface area contributed by atoms with Gasteiger partial charge in [-0.05, 0) is 24.6 Å². The van der Waals surface area contributed by atoms with Crippen LogP contribution in [0.1, 0.15) is 22.6 Å². The highest BCUT2D eigenvalue weighted by Crippen LogP contribution is 2.12. The second kappa shape index (κ2) is 5.99. The highest BCUT2D eigenvalue weighted by molar-refractivity contribution is 5.99. The molecule has 6 heteroatoms. The van der Waals surface area contributed by atoms with Crippen LogP contribution in [0.4, 0.5) is 10.1 Å². The molecule has 100 valence electrons. The molecule has 4 N–H and O–H groups in total. The van der Waals surface area contributed by atoms with Gasteiger partial charge in [-0.2, -0.15) is 0 Å². The van der Waals surface area contributed by atoms with Crippen LogP contribution in [0.3, 0.4) is 0 Å². The molecule has 2 aromatic rings. The number of nitrogen functional groups attached to an aromatic ring is 1. The van der Waals surface area contributed by atoms with Gasteiger partial charge >= 0.3 is 0 Å². The van der Waals surface area contributed by atoms with Crippen LogP contribution < -0.4 is 11.1 Å². The van der Waals surface area contributed by atoms with Crippen LogP contribution in [-0.4, -0.2) is 22.4 Å². The Morgan fingerprint density at radius 2 is 2.32 bits per heavy atom. The number of nitrogens with zero attached hydrogens (tertiary/aromatic N) is 1. The minimum atomic E-state index is -0.477. The molecular formula is C13H15FN4O. The lowest BCUT2D eigenvalue weighted by atomic mass is 10.1. The van der Waals surface area contributed by atoms with E-state index in [-0.39, 0.29) is 17.2 Å². The molecule has 1 heterocycles. The van der Waals surface area contributed by atoms with E-state index in [4.69, 9.17) is 5.73 Å². The molecule has 5 nitrogen and oxygen atoms in total. The average Bonchev–Trinajstić information content (AvgIpc) is 2.90. The minimum Gasteiger partial charge on any atom is -0.398 e. The van der Waals surface area contributed by atoms with Gasteiger partial charge in [-0.25, -0.2) is 9.37 Å². The molecule has 0 atom stereocenters. The van der Waals surface area contributed by atoms with E-state index in [1.807, 2.05) is 0 Å². The topological polar surface area (TPSA) is 83.8 Å². The van der Waals surface area contributed by atoms with Gasteiger partial charge in [0.25, 0.3) is 5.91 Å². The first-order valence-electron chi connectivity index (χ1n) is 5.98. The first-order chi connectivity index (χ1) is 9.16. The summed E-state index contributed by atoms with van der Waals surface area (Å²) in [5.74, 6) is 0.0332. The quantitative estimate of drug-likeness (QED) is 0.564. The van der Waals surface area contributed by atoms with E-state index in [2.05, 4.69) is 15.3 Å². The fourth-order valence-corrected chi connectivity index (χ4v) is 1.71. The standard InChI is InChI=1S/C13H15FN4O/c14-9-3-4-11(15)10(8-9)13(19)18-5-1-2-12-16-6-7-17-12/h3-4,6-8H,1-2,5,15H2,(H,16,17)(H,18,19). The zero-order valence-corrected chi connectivity index (χ0v) is 10.3. The van der Waals surface area contributed by atoms with Gasteiger partial charge in [-0.3, -0.25) is 4.79 Å². The molecule has 0 aliphatic heterocycles. The van der Waals surface area contributed by atoms with Crippen LogP contribution in [0.2, 0.25) is 0 Å². The number of carbonyl (C=O) groups excluding carboxylic acids is 1. The summed E-state index contributed by atoms with van der Waals surface area (Å²) in [6.45, 7) is 0.482. The Hall–Kier alpha value is -2.37. The first kappa shape index (κ1) is 13.1. The van der Waals surface area contributed by atoms with Crippen molar-refractivity contribution >= 4 is 11.6 Å². The number of aryl methyl sites for hydroxylation is 1. The van der Waals surface area contributed by atoms with Crippen molar-refractivity contribution in [3.05, 3.63) is 47.8 Å². The molecular weight excluding hydrogens is 247 g/mol. The van der Waals surface area contributed by atoms with E-state index < -0.39 is 5.82 Å². The zero-order chi connectivity index (χ0) is 13.7. The second-order valence-electron chi connectivity index (χ2n) is 4.13. The molecule has 0 saturated heterocycles. The number of nitrogens with two attached hydrogens (primary N) is 1. The van der Waals surface area contributed by atoms with Crippen molar-refractivity contribution in [3.63, 3.8) is 0 Å². The summed E-state index contributed by atoms with van der Waals surface area (Å²) in [5, 5.41) is 2.70. The molecule has 19 heavy (non-hydrogen) atoms. The minimum absolute atomic E-state index is 0.165. The Morgan fingerprint density at radius 3 is 3.05 bits per heavy atom. The Balaban J connectivity index is 1.82. The maximum absolute atomic E-state index is 13.0. The molecule has 0 saturated carbocycles.